The van der Waals surface area contributed by atoms with Gasteiger partial charge in [0.2, 0.25) is 5.91 Å². The molecule has 2 aromatic rings. The number of carbonyl (C=O) groups excluding carboxylic acids is 2. The molecule has 1 aromatic heterocycles. The van der Waals surface area contributed by atoms with Crippen molar-refractivity contribution >= 4 is 28.5 Å². The van der Waals surface area contributed by atoms with Gasteiger partial charge in [-0.05, 0) is 62.8 Å². The molecule has 0 bridgehead atoms. The lowest BCUT2D eigenvalue weighted by atomic mass is 9.95. The molecule has 0 spiro atoms. The Balaban J connectivity index is 1.41. The molecule has 7 nitrogen and oxygen atoms in total. The van der Waals surface area contributed by atoms with Crippen LogP contribution in [-0.4, -0.2) is 42.5 Å². The lowest BCUT2D eigenvalue weighted by Gasteiger charge is -2.32. The second-order valence-corrected chi connectivity index (χ2v) is 8.00. The van der Waals surface area contributed by atoms with Crippen LogP contribution in [0.15, 0.2) is 27.4 Å². The van der Waals surface area contributed by atoms with Crippen LogP contribution in [0.3, 0.4) is 0 Å². The molecule has 1 atom stereocenters. The number of amides is 2. The molecule has 4 rings (SSSR count). The van der Waals surface area contributed by atoms with Crippen molar-refractivity contribution in [3.05, 3.63) is 39.7 Å². The van der Waals surface area contributed by atoms with Crippen LogP contribution in [0.5, 0.6) is 0 Å². The Bertz CT molecular complexity index is 998. The average Bonchev–Trinajstić information content (AvgIpc) is 3.23. The van der Waals surface area contributed by atoms with Crippen molar-refractivity contribution in [2.24, 2.45) is 5.92 Å². The average molecular weight is 398 g/mol. The quantitative estimate of drug-likeness (QED) is 0.803. The van der Waals surface area contributed by atoms with Gasteiger partial charge in [0.1, 0.15) is 11.7 Å². The van der Waals surface area contributed by atoms with E-state index >= 15 is 0 Å². The Kier molecular flexibility index (Phi) is 5.41. The molecule has 2 fully saturated rings. The van der Waals surface area contributed by atoms with E-state index in [0.29, 0.717) is 38.1 Å². The van der Waals surface area contributed by atoms with E-state index < -0.39 is 0 Å². The van der Waals surface area contributed by atoms with Crippen molar-refractivity contribution in [1.29, 1.82) is 0 Å². The van der Waals surface area contributed by atoms with Gasteiger partial charge in [-0.3, -0.25) is 9.59 Å². The first kappa shape index (κ1) is 19.6. The molecule has 1 N–H and O–H groups in total. The van der Waals surface area contributed by atoms with Crippen LogP contribution < -0.4 is 10.9 Å². The molecule has 2 saturated heterocycles. The van der Waals surface area contributed by atoms with Gasteiger partial charge in [0, 0.05) is 42.8 Å². The summed E-state index contributed by atoms with van der Waals surface area (Å²) < 4.78 is 10.7. The highest BCUT2D eigenvalue weighted by atomic mass is 16.5. The van der Waals surface area contributed by atoms with E-state index in [1.54, 1.807) is 6.07 Å². The number of rotatable bonds is 3. The van der Waals surface area contributed by atoms with Crippen molar-refractivity contribution < 1.29 is 18.7 Å². The first-order chi connectivity index (χ1) is 13.9. The molecule has 3 heterocycles. The van der Waals surface area contributed by atoms with Gasteiger partial charge in [0.15, 0.2) is 0 Å². The summed E-state index contributed by atoms with van der Waals surface area (Å²) in [6, 6.07) is 5.09. The molecule has 2 amide bonds. The van der Waals surface area contributed by atoms with Crippen LogP contribution in [0.1, 0.15) is 36.8 Å². The van der Waals surface area contributed by atoms with E-state index in [9.17, 15) is 14.4 Å². The van der Waals surface area contributed by atoms with E-state index in [-0.39, 0.29) is 29.5 Å². The Morgan fingerprint density at radius 3 is 2.52 bits per heavy atom. The zero-order valence-corrected chi connectivity index (χ0v) is 16.8. The van der Waals surface area contributed by atoms with Gasteiger partial charge in [-0.1, -0.05) is 0 Å². The molecule has 154 valence electrons. The highest BCUT2D eigenvalue weighted by molar-refractivity contribution is 5.96. The van der Waals surface area contributed by atoms with E-state index in [4.69, 9.17) is 9.15 Å². The minimum atomic E-state index is -0.379. The molecule has 29 heavy (non-hydrogen) atoms. The summed E-state index contributed by atoms with van der Waals surface area (Å²) in [7, 11) is 0. The topological polar surface area (TPSA) is 88.9 Å². The summed E-state index contributed by atoms with van der Waals surface area (Å²) in [4.78, 5) is 38.7. The normalized spacial score (nSPS) is 20.2. The zero-order valence-electron chi connectivity index (χ0n) is 16.8. The van der Waals surface area contributed by atoms with E-state index in [0.717, 1.165) is 35.0 Å². The fourth-order valence-electron chi connectivity index (χ4n) is 4.17. The summed E-state index contributed by atoms with van der Waals surface area (Å²) in [5, 5.41) is 3.83. The molecular weight excluding hydrogens is 372 g/mol. The van der Waals surface area contributed by atoms with Crippen LogP contribution in [-0.2, 0) is 14.3 Å². The number of ether oxygens (including phenoxy) is 1. The number of piperidine rings is 1. The standard InChI is InChI=1S/C22H26N2O5/c1-13-11-20(25)29-19-10-14(2)17(12-16(13)19)23-21(26)15-5-7-24(8-6-15)22(27)18-4-3-9-28-18/h10-12,15,18H,3-9H2,1-2H3,(H,23,26). The van der Waals surface area contributed by atoms with E-state index in [1.807, 2.05) is 24.8 Å². The SMILES string of the molecule is Cc1cc2oc(=O)cc(C)c2cc1NC(=O)C1CCN(C(=O)C2CCCO2)CC1. The molecule has 0 saturated carbocycles. The number of likely N-dealkylation sites (tertiary alicyclic amines) is 1. The highest BCUT2D eigenvalue weighted by Gasteiger charge is 2.32. The van der Waals surface area contributed by atoms with Crippen LogP contribution >= 0.6 is 0 Å². The maximum absolute atomic E-state index is 12.8. The van der Waals surface area contributed by atoms with Gasteiger partial charge < -0.3 is 19.4 Å². The number of anilines is 1. The second-order valence-electron chi connectivity index (χ2n) is 8.00. The summed E-state index contributed by atoms with van der Waals surface area (Å²) in [5.41, 5.74) is 2.51. The predicted molar refractivity (Wildman–Crippen MR) is 109 cm³/mol. The minimum Gasteiger partial charge on any atom is -0.423 e. The molecule has 1 unspecified atom stereocenters. The van der Waals surface area contributed by atoms with Crippen molar-refractivity contribution in [2.45, 2.75) is 45.6 Å². The van der Waals surface area contributed by atoms with Crippen molar-refractivity contribution in [3.8, 4) is 0 Å². The summed E-state index contributed by atoms with van der Waals surface area (Å²) in [6.45, 7) is 5.54. The maximum Gasteiger partial charge on any atom is 0.336 e. The Morgan fingerprint density at radius 1 is 1.07 bits per heavy atom. The number of hydrogen-bond donors (Lipinski definition) is 1. The fourth-order valence-corrected chi connectivity index (χ4v) is 4.17. The number of fused-ring (bicyclic) bond motifs is 1. The van der Waals surface area contributed by atoms with Crippen LogP contribution in [0.2, 0.25) is 0 Å². The largest absolute Gasteiger partial charge is 0.423 e. The number of nitrogens with one attached hydrogen (secondary N) is 1. The van der Waals surface area contributed by atoms with Crippen LogP contribution in [0.25, 0.3) is 11.0 Å². The van der Waals surface area contributed by atoms with Gasteiger partial charge >= 0.3 is 5.63 Å². The van der Waals surface area contributed by atoms with Gasteiger partial charge in [-0.25, -0.2) is 4.79 Å². The second kappa shape index (κ2) is 7.99. The monoisotopic (exact) mass is 398 g/mol. The number of hydrogen-bond acceptors (Lipinski definition) is 5. The van der Waals surface area contributed by atoms with Gasteiger partial charge in [0.05, 0.1) is 0 Å². The zero-order chi connectivity index (χ0) is 20.5. The summed E-state index contributed by atoms with van der Waals surface area (Å²) in [5.74, 6) is -0.108. The predicted octanol–water partition coefficient (Wildman–Crippen LogP) is 2.77. The Morgan fingerprint density at radius 2 is 1.83 bits per heavy atom. The van der Waals surface area contributed by atoms with Crippen LogP contribution in [0, 0.1) is 19.8 Å². The van der Waals surface area contributed by atoms with Crippen LogP contribution in [0.4, 0.5) is 5.69 Å². The fraction of sp³-hybridized carbons (Fsp3) is 0.500. The van der Waals surface area contributed by atoms with E-state index in [1.165, 1.54) is 6.07 Å². The molecule has 0 aliphatic carbocycles. The number of nitrogens with zero attached hydrogens (tertiary/aromatic N) is 1. The Hall–Kier alpha value is -2.67. The third-order valence-corrected chi connectivity index (χ3v) is 5.94. The highest BCUT2D eigenvalue weighted by Crippen LogP contribution is 2.27. The molecule has 2 aliphatic rings. The number of benzene rings is 1. The van der Waals surface area contributed by atoms with Crippen molar-refractivity contribution in [1.82, 2.24) is 4.90 Å². The third-order valence-electron chi connectivity index (χ3n) is 5.94. The van der Waals surface area contributed by atoms with Gasteiger partial charge in [-0.15, -0.1) is 0 Å². The third kappa shape index (κ3) is 4.05. The maximum atomic E-state index is 12.8. The lowest BCUT2D eigenvalue weighted by molar-refractivity contribution is -0.143. The Labute approximate surface area is 169 Å². The number of carbonyl (C=O) groups is 2. The molecular formula is C22H26N2O5. The minimum absolute atomic E-state index is 0.0355. The molecule has 1 aromatic carbocycles. The first-order valence-electron chi connectivity index (χ1n) is 10.2. The number of aryl methyl sites for hydroxylation is 2. The first-order valence-corrected chi connectivity index (χ1v) is 10.2. The van der Waals surface area contributed by atoms with Gasteiger partial charge in [0.25, 0.3) is 5.91 Å². The van der Waals surface area contributed by atoms with E-state index in [2.05, 4.69) is 5.32 Å². The van der Waals surface area contributed by atoms with Crippen molar-refractivity contribution in [3.63, 3.8) is 0 Å². The summed E-state index contributed by atoms with van der Waals surface area (Å²) >= 11 is 0. The van der Waals surface area contributed by atoms with Gasteiger partial charge in [-0.2, -0.15) is 0 Å². The molecule has 2 aliphatic heterocycles. The lowest BCUT2D eigenvalue weighted by Crippen LogP contribution is -2.45. The molecule has 0 radical (unpaired) electrons. The van der Waals surface area contributed by atoms with Crippen molar-refractivity contribution in [2.75, 3.05) is 25.0 Å². The molecule has 7 heteroatoms. The smallest absolute Gasteiger partial charge is 0.336 e. The summed E-state index contributed by atoms with van der Waals surface area (Å²) in [6.07, 6.45) is 2.71.